The molecule has 202 valence electrons. The molecule has 0 radical (unpaired) electrons. The van der Waals surface area contributed by atoms with Crippen LogP contribution in [0.15, 0.2) is 115 Å². The predicted octanol–water partition coefficient (Wildman–Crippen LogP) is 10.9. The third kappa shape index (κ3) is 3.79. The molecule has 8 aromatic rings. The first-order valence-corrected chi connectivity index (χ1v) is 14.5. The van der Waals surface area contributed by atoms with E-state index < -0.39 is 0 Å². The molecule has 0 unspecified atom stereocenters. The van der Waals surface area contributed by atoms with Crippen molar-refractivity contribution in [1.29, 1.82) is 0 Å². The number of rotatable bonds is 2. The van der Waals surface area contributed by atoms with Crippen LogP contribution in [0.4, 0.5) is 0 Å². The minimum atomic E-state index is 0.0554. The molecule has 2 heteroatoms. The molecule has 42 heavy (non-hydrogen) atoms. The van der Waals surface area contributed by atoms with Gasteiger partial charge in [-0.1, -0.05) is 93.6 Å². The van der Waals surface area contributed by atoms with Gasteiger partial charge in [0.1, 0.15) is 11.5 Å². The lowest BCUT2D eigenvalue weighted by atomic mass is 9.81. The Morgan fingerprint density at radius 1 is 0.405 bits per heavy atom. The van der Waals surface area contributed by atoms with E-state index in [1.807, 2.05) is 24.3 Å². The van der Waals surface area contributed by atoms with Crippen LogP contribution in [0.1, 0.15) is 26.3 Å². The van der Waals surface area contributed by atoms with Crippen molar-refractivity contribution in [2.45, 2.75) is 26.2 Å². The molecular formula is C40H30O2. The maximum Gasteiger partial charge on any atom is 0.116 e. The second-order valence-electron chi connectivity index (χ2n) is 12.6. The molecule has 0 atom stereocenters. The molecule has 0 aromatic heterocycles. The quantitative estimate of drug-likeness (QED) is 0.213. The van der Waals surface area contributed by atoms with Crippen molar-refractivity contribution < 1.29 is 10.2 Å². The summed E-state index contributed by atoms with van der Waals surface area (Å²) in [6.45, 7) is 6.82. The fourth-order valence-corrected chi connectivity index (χ4v) is 6.63. The Morgan fingerprint density at radius 2 is 0.833 bits per heavy atom. The fraction of sp³-hybridized carbons (Fsp3) is 0.100. The highest BCUT2D eigenvalue weighted by Crippen LogP contribution is 2.45. The van der Waals surface area contributed by atoms with Gasteiger partial charge in [0.15, 0.2) is 0 Å². The number of benzene rings is 8. The van der Waals surface area contributed by atoms with Gasteiger partial charge in [0.05, 0.1) is 0 Å². The van der Waals surface area contributed by atoms with Crippen LogP contribution in [-0.2, 0) is 5.41 Å². The summed E-state index contributed by atoms with van der Waals surface area (Å²) in [5, 5.41) is 31.9. The minimum Gasteiger partial charge on any atom is -0.508 e. The van der Waals surface area contributed by atoms with Gasteiger partial charge in [-0.2, -0.15) is 0 Å². The minimum absolute atomic E-state index is 0.0554. The van der Waals surface area contributed by atoms with Gasteiger partial charge in [0.2, 0.25) is 0 Å². The maximum atomic E-state index is 10.0. The number of hydrogen-bond acceptors (Lipinski definition) is 2. The average Bonchev–Trinajstić information content (AvgIpc) is 2.98. The first-order valence-electron chi connectivity index (χ1n) is 14.5. The lowest BCUT2D eigenvalue weighted by Crippen LogP contribution is -2.10. The van der Waals surface area contributed by atoms with Crippen LogP contribution in [-0.4, -0.2) is 10.2 Å². The van der Waals surface area contributed by atoms with Gasteiger partial charge in [-0.3, -0.25) is 0 Å². The fourth-order valence-electron chi connectivity index (χ4n) is 6.63. The van der Waals surface area contributed by atoms with Crippen molar-refractivity contribution >= 4 is 53.9 Å². The summed E-state index contributed by atoms with van der Waals surface area (Å²) in [6.07, 6.45) is 0. The van der Waals surface area contributed by atoms with E-state index in [4.69, 9.17) is 0 Å². The van der Waals surface area contributed by atoms with Crippen LogP contribution in [0, 0.1) is 0 Å². The SMILES string of the molecule is CC(C)(C)c1cc2ccc3c(-c4ccc5cc(O)ccc5c4)cc(-c4ccc5cc(O)ccc5c4)c4ccc(c1)c2c34. The highest BCUT2D eigenvalue weighted by Gasteiger charge is 2.20. The van der Waals surface area contributed by atoms with E-state index in [0.29, 0.717) is 0 Å². The van der Waals surface area contributed by atoms with E-state index in [1.54, 1.807) is 12.1 Å². The lowest BCUT2D eigenvalue weighted by Gasteiger charge is -2.23. The summed E-state index contributed by atoms with van der Waals surface area (Å²) in [5.74, 6) is 0.555. The van der Waals surface area contributed by atoms with Gasteiger partial charge < -0.3 is 10.2 Å². The van der Waals surface area contributed by atoms with Crippen LogP contribution >= 0.6 is 0 Å². The van der Waals surface area contributed by atoms with Crippen LogP contribution in [0.5, 0.6) is 11.5 Å². The normalized spacial score (nSPS) is 12.4. The Morgan fingerprint density at radius 3 is 1.31 bits per heavy atom. The Kier molecular flexibility index (Phi) is 5.12. The summed E-state index contributed by atoms with van der Waals surface area (Å²) >= 11 is 0. The van der Waals surface area contributed by atoms with Crippen LogP contribution in [0.25, 0.3) is 76.1 Å². The topological polar surface area (TPSA) is 40.5 Å². The molecule has 0 aliphatic heterocycles. The summed E-state index contributed by atoms with van der Waals surface area (Å²) < 4.78 is 0. The molecule has 0 bridgehead atoms. The van der Waals surface area contributed by atoms with Crippen LogP contribution in [0.2, 0.25) is 0 Å². The zero-order valence-electron chi connectivity index (χ0n) is 23.9. The van der Waals surface area contributed by atoms with Crippen molar-refractivity contribution in [2.75, 3.05) is 0 Å². The summed E-state index contributed by atoms with van der Waals surface area (Å²) in [7, 11) is 0. The Hall–Kier alpha value is -5.08. The van der Waals surface area contributed by atoms with Gasteiger partial charge in [-0.05, 0) is 130 Å². The summed E-state index contributed by atoms with van der Waals surface area (Å²) in [5.41, 5.74) is 6.06. The highest BCUT2D eigenvalue weighted by atomic mass is 16.3. The van der Waals surface area contributed by atoms with Crippen molar-refractivity contribution in [3.8, 4) is 33.8 Å². The van der Waals surface area contributed by atoms with Gasteiger partial charge in [-0.25, -0.2) is 0 Å². The molecule has 0 amide bonds. The second-order valence-corrected chi connectivity index (χ2v) is 12.6. The molecular weight excluding hydrogens is 512 g/mol. The van der Waals surface area contributed by atoms with Crippen molar-refractivity contribution in [3.63, 3.8) is 0 Å². The summed E-state index contributed by atoms with van der Waals surface area (Å²) in [6, 6.07) is 40.3. The number of fused-ring (bicyclic) bond motifs is 2. The largest absolute Gasteiger partial charge is 0.508 e. The molecule has 0 fully saturated rings. The number of hydrogen-bond donors (Lipinski definition) is 2. The zero-order valence-corrected chi connectivity index (χ0v) is 23.9. The molecule has 8 rings (SSSR count). The molecule has 0 saturated carbocycles. The third-order valence-electron chi connectivity index (χ3n) is 8.85. The average molecular weight is 543 g/mol. The molecule has 0 spiro atoms. The standard InChI is InChI=1S/C40H30O2/c1-40(2,3)31-18-29-10-14-34-36(27-6-4-25-20-32(41)12-8-23(25)16-27)22-37(35-15-11-30(19-31)38(29)39(34)35)28-7-5-26-21-33(42)13-9-24(26)17-28/h4-22,41-42H,1-3H3. The number of aromatic hydroxyl groups is 2. The molecule has 8 aromatic carbocycles. The summed E-state index contributed by atoms with van der Waals surface area (Å²) in [4.78, 5) is 0. The Balaban J connectivity index is 1.48. The van der Waals surface area contributed by atoms with Gasteiger partial charge in [-0.15, -0.1) is 0 Å². The van der Waals surface area contributed by atoms with Crippen molar-refractivity contribution in [2.24, 2.45) is 0 Å². The van der Waals surface area contributed by atoms with E-state index in [1.165, 1.54) is 49.0 Å². The first kappa shape index (κ1) is 24.7. The van der Waals surface area contributed by atoms with Gasteiger partial charge in [0.25, 0.3) is 0 Å². The van der Waals surface area contributed by atoms with Crippen molar-refractivity contribution in [1.82, 2.24) is 0 Å². The van der Waals surface area contributed by atoms with E-state index in [-0.39, 0.29) is 16.9 Å². The Bertz CT molecular complexity index is 2200. The van der Waals surface area contributed by atoms with Gasteiger partial charge in [0, 0.05) is 0 Å². The van der Waals surface area contributed by atoms with Gasteiger partial charge >= 0.3 is 0 Å². The molecule has 0 heterocycles. The molecule has 0 aliphatic carbocycles. The van der Waals surface area contributed by atoms with E-state index >= 15 is 0 Å². The second kappa shape index (κ2) is 8.71. The van der Waals surface area contributed by atoms with E-state index in [2.05, 4.69) is 99.6 Å². The molecule has 2 N–H and O–H groups in total. The molecule has 0 saturated heterocycles. The Labute approximate surface area is 244 Å². The number of phenolic OH excluding ortho intramolecular Hbond substituents is 2. The molecule has 2 nitrogen and oxygen atoms in total. The smallest absolute Gasteiger partial charge is 0.116 e. The monoisotopic (exact) mass is 542 g/mol. The van der Waals surface area contributed by atoms with Crippen LogP contribution in [0.3, 0.4) is 0 Å². The lowest BCUT2D eigenvalue weighted by molar-refractivity contribution is 0.475. The maximum absolute atomic E-state index is 10.0. The van der Waals surface area contributed by atoms with Crippen LogP contribution < -0.4 is 0 Å². The highest BCUT2D eigenvalue weighted by molar-refractivity contribution is 6.28. The number of phenols is 2. The third-order valence-corrected chi connectivity index (χ3v) is 8.85. The first-order chi connectivity index (χ1) is 20.2. The predicted molar refractivity (Wildman–Crippen MR) is 178 cm³/mol. The van der Waals surface area contributed by atoms with Crippen molar-refractivity contribution in [3.05, 3.63) is 121 Å². The zero-order chi connectivity index (χ0) is 28.7. The molecule has 0 aliphatic rings. The van der Waals surface area contributed by atoms with E-state index in [9.17, 15) is 10.2 Å². The van der Waals surface area contributed by atoms with E-state index in [0.717, 1.165) is 32.7 Å².